The lowest BCUT2D eigenvalue weighted by Crippen LogP contribution is -2.08. The molecule has 90 valence electrons. The zero-order valence-corrected chi connectivity index (χ0v) is 9.78. The van der Waals surface area contributed by atoms with Crippen LogP contribution in [0.4, 0.5) is 0 Å². The molecule has 0 spiro atoms. The van der Waals surface area contributed by atoms with Crippen LogP contribution in [0.3, 0.4) is 0 Å². The average molecular weight is 245 g/mol. The topological polar surface area (TPSA) is 97.5 Å². The zero-order chi connectivity index (χ0) is 12.6. The number of hydrogen-bond donors (Lipinski definition) is 2. The molecule has 0 radical (unpaired) electrons. The molecule has 5 nitrogen and oxygen atoms in total. The summed E-state index contributed by atoms with van der Waals surface area (Å²) in [5, 5.41) is 0. The molecule has 3 N–H and O–H groups in total. The van der Waals surface area contributed by atoms with Crippen molar-refractivity contribution in [2.45, 2.75) is 24.7 Å². The van der Waals surface area contributed by atoms with E-state index < -0.39 is 10.1 Å². The van der Waals surface area contributed by atoms with E-state index in [1.807, 2.05) is 6.92 Å². The Balaban J connectivity index is 0.000000325. The van der Waals surface area contributed by atoms with Crippen LogP contribution in [0.2, 0.25) is 0 Å². The van der Waals surface area contributed by atoms with Crippen LogP contribution in [0.1, 0.15) is 19.8 Å². The van der Waals surface area contributed by atoms with Gasteiger partial charge in [-0.25, -0.2) is 0 Å². The second-order valence-corrected chi connectivity index (χ2v) is 4.43. The van der Waals surface area contributed by atoms with E-state index in [1.165, 1.54) is 12.1 Å². The Morgan fingerprint density at radius 2 is 1.81 bits per heavy atom. The Hall–Kier alpha value is -1.40. The molecule has 1 aromatic carbocycles. The van der Waals surface area contributed by atoms with Crippen LogP contribution in [0, 0.1) is 0 Å². The van der Waals surface area contributed by atoms with E-state index in [2.05, 4.69) is 0 Å². The first-order valence-corrected chi connectivity index (χ1v) is 6.12. The van der Waals surface area contributed by atoms with E-state index in [0.717, 1.165) is 6.42 Å². The van der Waals surface area contributed by atoms with Gasteiger partial charge < -0.3 is 5.73 Å². The molecule has 1 aromatic rings. The molecule has 0 unspecified atom stereocenters. The number of carbonyl (C=O) groups is 1. The molecule has 0 bridgehead atoms. The summed E-state index contributed by atoms with van der Waals surface area (Å²) in [4.78, 5) is 9.75. The molecule has 6 heteroatoms. The molecular weight excluding hydrogens is 230 g/mol. The van der Waals surface area contributed by atoms with Gasteiger partial charge >= 0.3 is 0 Å². The van der Waals surface area contributed by atoms with Crippen molar-refractivity contribution in [1.29, 1.82) is 0 Å². The van der Waals surface area contributed by atoms with E-state index in [1.54, 1.807) is 18.2 Å². The average Bonchev–Trinajstić information content (AvgIpc) is 2.18. The summed E-state index contributed by atoms with van der Waals surface area (Å²) in [5.74, 6) is -0.211. The molecule has 0 aliphatic heterocycles. The van der Waals surface area contributed by atoms with Crippen molar-refractivity contribution in [2.24, 2.45) is 5.73 Å². The van der Waals surface area contributed by atoms with Crippen LogP contribution in [0.25, 0.3) is 0 Å². The summed E-state index contributed by atoms with van der Waals surface area (Å²) < 4.78 is 29.2. The smallest absolute Gasteiger partial charge is 0.294 e. The Kier molecular flexibility index (Phi) is 6.36. The van der Waals surface area contributed by atoms with Crippen LogP contribution in [-0.4, -0.2) is 18.9 Å². The van der Waals surface area contributed by atoms with Gasteiger partial charge in [0.1, 0.15) is 0 Å². The lowest BCUT2D eigenvalue weighted by atomic mass is 10.3. The largest absolute Gasteiger partial charge is 0.370 e. The minimum atomic E-state index is -4.00. The lowest BCUT2D eigenvalue weighted by Gasteiger charge is -1.92. The predicted octanol–water partition coefficient (Wildman–Crippen LogP) is 1.21. The highest BCUT2D eigenvalue weighted by Crippen LogP contribution is 2.05. The van der Waals surface area contributed by atoms with Crippen LogP contribution in [0.15, 0.2) is 35.2 Å². The van der Waals surface area contributed by atoms with Crippen molar-refractivity contribution >= 4 is 16.0 Å². The standard InChI is InChI=1S/C6H6O3S.C4H9NO/c7-10(8,9)6-4-2-1-3-5-6;1-2-3-4(5)6/h1-5H,(H,7,8,9);2-3H2,1H3,(H2,5,6). The molecule has 1 rings (SSSR count). The molecule has 0 saturated heterocycles. The third kappa shape index (κ3) is 6.97. The number of amides is 1. The highest BCUT2D eigenvalue weighted by molar-refractivity contribution is 7.85. The van der Waals surface area contributed by atoms with E-state index in [-0.39, 0.29) is 10.8 Å². The maximum Gasteiger partial charge on any atom is 0.294 e. The van der Waals surface area contributed by atoms with Crippen LogP contribution in [-0.2, 0) is 14.9 Å². The lowest BCUT2D eigenvalue weighted by molar-refractivity contribution is -0.118. The van der Waals surface area contributed by atoms with Crippen LogP contribution in [0.5, 0.6) is 0 Å². The maximum absolute atomic E-state index is 10.4. The van der Waals surface area contributed by atoms with Crippen LogP contribution >= 0.6 is 0 Å². The van der Waals surface area contributed by atoms with E-state index in [9.17, 15) is 13.2 Å². The van der Waals surface area contributed by atoms with Crippen molar-refractivity contribution in [3.63, 3.8) is 0 Å². The van der Waals surface area contributed by atoms with E-state index >= 15 is 0 Å². The van der Waals surface area contributed by atoms with Gasteiger partial charge in [-0.05, 0) is 18.6 Å². The number of carbonyl (C=O) groups excluding carboxylic acids is 1. The molecule has 0 saturated carbocycles. The molecule has 1 amide bonds. The predicted molar refractivity (Wildman–Crippen MR) is 60.4 cm³/mol. The number of benzene rings is 1. The summed E-state index contributed by atoms with van der Waals surface area (Å²) in [6, 6.07) is 7.42. The molecular formula is C10H15NO4S. The normalized spacial score (nSPS) is 10.1. The molecule has 0 heterocycles. The minimum Gasteiger partial charge on any atom is -0.370 e. The number of rotatable bonds is 3. The third-order valence-corrected chi connectivity index (χ3v) is 2.41. The van der Waals surface area contributed by atoms with Gasteiger partial charge in [0.05, 0.1) is 4.90 Å². The summed E-state index contributed by atoms with van der Waals surface area (Å²) in [6.45, 7) is 1.92. The van der Waals surface area contributed by atoms with Gasteiger partial charge in [0.15, 0.2) is 0 Å². The van der Waals surface area contributed by atoms with Gasteiger partial charge in [-0.3, -0.25) is 9.35 Å². The fourth-order valence-corrected chi connectivity index (χ4v) is 1.34. The second kappa shape index (κ2) is 6.97. The number of hydrogen-bond acceptors (Lipinski definition) is 3. The van der Waals surface area contributed by atoms with Gasteiger partial charge in [-0.2, -0.15) is 8.42 Å². The van der Waals surface area contributed by atoms with Crippen molar-refractivity contribution in [3.8, 4) is 0 Å². The maximum atomic E-state index is 10.4. The van der Waals surface area contributed by atoms with Crippen molar-refractivity contribution < 1.29 is 17.8 Å². The van der Waals surface area contributed by atoms with E-state index in [4.69, 9.17) is 10.3 Å². The summed E-state index contributed by atoms with van der Waals surface area (Å²) in [5.41, 5.74) is 4.76. The Bertz CT molecular complexity index is 414. The first-order valence-electron chi connectivity index (χ1n) is 4.68. The second-order valence-electron chi connectivity index (χ2n) is 3.00. The SMILES string of the molecule is CCCC(N)=O.O=S(=O)(O)c1ccccc1. The van der Waals surface area contributed by atoms with Crippen molar-refractivity contribution in [1.82, 2.24) is 0 Å². The minimum absolute atomic E-state index is 0.0741. The molecule has 16 heavy (non-hydrogen) atoms. The monoisotopic (exact) mass is 245 g/mol. The summed E-state index contributed by atoms with van der Waals surface area (Å²) in [6.07, 6.45) is 1.37. The highest BCUT2D eigenvalue weighted by atomic mass is 32.2. The van der Waals surface area contributed by atoms with Gasteiger partial charge in [0, 0.05) is 6.42 Å². The first kappa shape index (κ1) is 14.6. The highest BCUT2D eigenvalue weighted by Gasteiger charge is 2.05. The Morgan fingerprint density at radius 1 is 1.31 bits per heavy atom. The number of nitrogens with two attached hydrogens (primary N) is 1. The zero-order valence-electron chi connectivity index (χ0n) is 8.96. The molecule has 0 aliphatic carbocycles. The molecule has 0 aromatic heterocycles. The van der Waals surface area contributed by atoms with Crippen molar-refractivity contribution in [2.75, 3.05) is 0 Å². The first-order chi connectivity index (χ1) is 7.38. The quantitative estimate of drug-likeness (QED) is 0.782. The molecule has 0 fully saturated rings. The number of primary amides is 1. The van der Waals surface area contributed by atoms with Gasteiger partial charge in [-0.1, -0.05) is 25.1 Å². The Morgan fingerprint density at radius 3 is 2.00 bits per heavy atom. The fraction of sp³-hybridized carbons (Fsp3) is 0.300. The molecule has 0 atom stereocenters. The summed E-state index contributed by atoms with van der Waals surface area (Å²) in [7, 11) is -4.00. The fourth-order valence-electron chi connectivity index (χ4n) is 0.839. The molecule has 0 aliphatic rings. The Labute approximate surface area is 95.0 Å². The summed E-state index contributed by atoms with van der Waals surface area (Å²) >= 11 is 0. The van der Waals surface area contributed by atoms with Gasteiger partial charge in [0.2, 0.25) is 5.91 Å². The van der Waals surface area contributed by atoms with Crippen LogP contribution < -0.4 is 5.73 Å². The van der Waals surface area contributed by atoms with Gasteiger partial charge in [0.25, 0.3) is 10.1 Å². The van der Waals surface area contributed by atoms with Crippen molar-refractivity contribution in [3.05, 3.63) is 30.3 Å². The van der Waals surface area contributed by atoms with E-state index in [0.29, 0.717) is 6.42 Å². The van der Waals surface area contributed by atoms with Gasteiger partial charge in [-0.15, -0.1) is 0 Å². The third-order valence-electron chi connectivity index (χ3n) is 1.54.